The Hall–Kier alpha value is -0.910. The lowest BCUT2D eigenvalue weighted by Crippen LogP contribution is -1.89. The Morgan fingerprint density at radius 2 is 2.19 bits per heavy atom. The van der Waals surface area contributed by atoms with Crippen LogP contribution >= 0.6 is 22.6 Å². The number of hydrogen-bond donors (Lipinski definition) is 1. The highest BCUT2D eigenvalue weighted by Crippen LogP contribution is 2.39. The summed E-state index contributed by atoms with van der Waals surface area (Å²) in [6, 6.07) is 5.07. The lowest BCUT2D eigenvalue weighted by Gasteiger charge is -2.01. The Kier molecular flexibility index (Phi) is 2.46. The van der Waals surface area contributed by atoms with Crippen LogP contribution in [0.25, 0.3) is 11.4 Å². The van der Waals surface area contributed by atoms with Gasteiger partial charge in [0.2, 0.25) is 0 Å². The van der Waals surface area contributed by atoms with Crippen molar-refractivity contribution in [2.75, 3.05) is 0 Å². The quantitative estimate of drug-likeness (QED) is 0.837. The van der Waals surface area contributed by atoms with Crippen LogP contribution in [0.1, 0.15) is 24.5 Å². The van der Waals surface area contributed by atoms with E-state index in [4.69, 9.17) is 0 Å². The van der Waals surface area contributed by atoms with Gasteiger partial charge in [0.25, 0.3) is 0 Å². The zero-order valence-electron chi connectivity index (χ0n) is 8.50. The van der Waals surface area contributed by atoms with Crippen LogP contribution in [0.3, 0.4) is 0 Å². The van der Waals surface area contributed by atoms with Crippen molar-refractivity contribution in [3.8, 4) is 11.4 Å². The molecule has 0 bridgehead atoms. The Morgan fingerprint density at radius 1 is 1.38 bits per heavy atom. The fourth-order valence-corrected chi connectivity index (χ4v) is 2.38. The summed E-state index contributed by atoms with van der Waals surface area (Å²) in [4.78, 5) is 7.60. The second-order valence-corrected chi connectivity index (χ2v) is 5.14. The van der Waals surface area contributed by atoms with E-state index in [9.17, 15) is 4.39 Å². The van der Waals surface area contributed by atoms with Gasteiger partial charge in [0, 0.05) is 23.4 Å². The fraction of sp³-hybridized carbons (Fsp3) is 0.250. The molecule has 1 aliphatic carbocycles. The third-order valence-corrected chi connectivity index (χ3v) is 3.92. The summed E-state index contributed by atoms with van der Waals surface area (Å²) in [5.41, 5.74) is 2.02. The van der Waals surface area contributed by atoms with Gasteiger partial charge < -0.3 is 4.98 Å². The Morgan fingerprint density at radius 3 is 2.94 bits per heavy atom. The number of nitrogens with zero attached hydrogens (tertiary/aromatic N) is 1. The minimum absolute atomic E-state index is 0.192. The van der Waals surface area contributed by atoms with Crippen molar-refractivity contribution in [2.24, 2.45) is 0 Å². The van der Waals surface area contributed by atoms with E-state index in [1.54, 1.807) is 6.07 Å². The average molecular weight is 328 g/mol. The maximum Gasteiger partial charge on any atom is 0.138 e. The van der Waals surface area contributed by atoms with Gasteiger partial charge >= 0.3 is 0 Å². The van der Waals surface area contributed by atoms with E-state index in [0.29, 0.717) is 9.49 Å². The van der Waals surface area contributed by atoms with E-state index in [1.807, 2.05) is 34.9 Å². The number of aromatic nitrogens is 2. The van der Waals surface area contributed by atoms with Gasteiger partial charge in [-0.1, -0.05) is 6.07 Å². The molecule has 1 aliphatic rings. The molecule has 0 unspecified atom stereocenters. The van der Waals surface area contributed by atoms with Gasteiger partial charge in [-0.3, -0.25) is 0 Å². The predicted molar refractivity (Wildman–Crippen MR) is 68.7 cm³/mol. The number of hydrogen-bond acceptors (Lipinski definition) is 1. The van der Waals surface area contributed by atoms with Crippen LogP contribution in [0, 0.1) is 9.39 Å². The molecule has 16 heavy (non-hydrogen) atoms. The molecule has 1 saturated carbocycles. The molecule has 0 aliphatic heterocycles. The van der Waals surface area contributed by atoms with Crippen LogP contribution in [-0.2, 0) is 0 Å². The Balaban J connectivity index is 2.03. The number of imidazole rings is 1. The molecule has 82 valence electrons. The van der Waals surface area contributed by atoms with E-state index in [1.165, 1.54) is 24.6 Å². The fourth-order valence-electron chi connectivity index (χ4n) is 1.76. The largest absolute Gasteiger partial charge is 0.342 e. The van der Waals surface area contributed by atoms with Gasteiger partial charge in [0.15, 0.2) is 0 Å². The molecule has 1 aromatic carbocycles. The third kappa shape index (κ3) is 1.75. The first-order chi connectivity index (χ1) is 7.75. The van der Waals surface area contributed by atoms with Crippen LogP contribution < -0.4 is 0 Å². The topological polar surface area (TPSA) is 28.7 Å². The molecule has 0 spiro atoms. The first-order valence-electron chi connectivity index (χ1n) is 5.25. The minimum atomic E-state index is -0.192. The summed E-state index contributed by atoms with van der Waals surface area (Å²) in [5, 5.41) is 0. The van der Waals surface area contributed by atoms with Gasteiger partial charge in [0.1, 0.15) is 11.6 Å². The van der Waals surface area contributed by atoms with Crippen molar-refractivity contribution in [3.63, 3.8) is 0 Å². The smallest absolute Gasteiger partial charge is 0.138 e. The lowest BCUT2D eigenvalue weighted by atomic mass is 10.2. The normalized spacial score (nSPS) is 15.4. The number of rotatable bonds is 2. The zero-order valence-corrected chi connectivity index (χ0v) is 10.7. The van der Waals surface area contributed by atoms with Crippen molar-refractivity contribution >= 4 is 22.6 Å². The van der Waals surface area contributed by atoms with Crippen LogP contribution in [0.15, 0.2) is 24.4 Å². The summed E-state index contributed by atoms with van der Waals surface area (Å²) in [6.45, 7) is 0. The highest BCUT2D eigenvalue weighted by Gasteiger charge is 2.25. The molecule has 0 atom stereocenters. The Bertz CT molecular complexity index is 532. The number of benzene rings is 1. The van der Waals surface area contributed by atoms with Gasteiger partial charge in [0.05, 0.1) is 3.57 Å². The number of nitrogens with one attached hydrogen (secondary N) is 1. The first-order valence-corrected chi connectivity index (χ1v) is 6.33. The standard InChI is InChI=1S/C12H10FIN2/c13-9-3-1-2-8(11(9)14)12-15-6-10(16-12)7-4-5-7/h1-3,6-7H,4-5H2,(H,15,16). The lowest BCUT2D eigenvalue weighted by molar-refractivity contribution is 0.621. The minimum Gasteiger partial charge on any atom is -0.342 e. The summed E-state index contributed by atoms with van der Waals surface area (Å²) >= 11 is 2.02. The Labute approximate surface area is 106 Å². The molecule has 2 aromatic rings. The third-order valence-electron chi connectivity index (χ3n) is 2.82. The first kappa shape index (κ1) is 10.3. The molecule has 0 amide bonds. The summed E-state index contributed by atoms with van der Waals surface area (Å²) in [6.07, 6.45) is 4.34. The predicted octanol–water partition coefficient (Wildman–Crippen LogP) is 3.70. The van der Waals surface area contributed by atoms with Gasteiger partial charge in [-0.05, 0) is 47.6 Å². The van der Waals surface area contributed by atoms with E-state index < -0.39 is 0 Å². The van der Waals surface area contributed by atoms with Gasteiger partial charge in [-0.25, -0.2) is 9.37 Å². The highest BCUT2D eigenvalue weighted by atomic mass is 127. The number of H-pyrrole nitrogens is 1. The molecule has 1 N–H and O–H groups in total. The van der Waals surface area contributed by atoms with Crippen molar-refractivity contribution in [1.29, 1.82) is 0 Å². The van der Waals surface area contributed by atoms with E-state index in [2.05, 4.69) is 9.97 Å². The monoisotopic (exact) mass is 328 g/mol. The maximum absolute atomic E-state index is 13.4. The molecular weight excluding hydrogens is 318 g/mol. The average Bonchev–Trinajstić information content (AvgIpc) is 3.02. The SMILES string of the molecule is Fc1cccc(-c2ncc(C3CC3)[nH]2)c1I. The highest BCUT2D eigenvalue weighted by molar-refractivity contribution is 14.1. The van der Waals surface area contributed by atoms with Crippen LogP contribution in [0.4, 0.5) is 4.39 Å². The molecule has 1 fully saturated rings. The molecule has 4 heteroatoms. The molecule has 2 nitrogen and oxygen atoms in total. The molecule has 1 heterocycles. The van der Waals surface area contributed by atoms with Crippen LogP contribution in [0.5, 0.6) is 0 Å². The molecule has 0 saturated heterocycles. The van der Waals surface area contributed by atoms with Gasteiger partial charge in [-0.15, -0.1) is 0 Å². The molecular formula is C12H10FIN2. The van der Waals surface area contributed by atoms with E-state index in [-0.39, 0.29) is 5.82 Å². The van der Waals surface area contributed by atoms with E-state index >= 15 is 0 Å². The summed E-state index contributed by atoms with van der Waals surface area (Å²) < 4.78 is 14.0. The van der Waals surface area contributed by atoms with Crippen molar-refractivity contribution in [1.82, 2.24) is 9.97 Å². The number of halogens is 2. The second-order valence-electron chi connectivity index (χ2n) is 4.06. The molecule has 3 rings (SSSR count). The number of aromatic amines is 1. The summed E-state index contributed by atoms with van der Waals surface area (Å²) in [7, 11) is 0. The van der Waals surface area contributed by atoms with Crippen molar-refractivity contribution < 1.29 is 4.39 Å². The summed E-state index contributed by atoms with van der Waals surface area (Å²) in [5.74, 6) is 1.22. The van der Waals surface area contributed by atoms with E-state index in [0.717, 1.165) is 11.4 Å². The van der Waals surface area contributed by atoms with Gasteiger partial charge in [-0.2, -0.15) is 0 Å². The molecule has 1 aromatic heterocycles. The zero-order chi connectivity index (χ0) is 11.1. The second kappa shape index (κ2) is 3.84. The molecule has 0 radical (unpaired) electrons. The van der Waals surface area contributed by atoms with Crippen LogP contribution in [-0.4, -0.2) is 9.97 Å². The maximum atomic E-state index is 13.4. The van der Waals surface area contributed by atoms with Crippen molar-refractivity contribution in [3.05, 3.63) is 39.5 Å². The van der Waals surface area contributed by atoms with Crippen LogP contribution in [0.2, 0.25) is 0 Å². The van der Waals surface area contributed by atoms with Crippen molar-refractivity contribution in [2.45, 2.75) is 18.8 Å².